The Morgan fingerprint density at radius 3 is 2.48 bits per heavy atom. The molecule has 6 heteroatoms. The van der Waals surface area contributed by atoms with E-state index >= 15 is 0 Å². The van der Waals surface area contributed by atoms with E-state index in [1.807, 2.05) is 36.9 Å². The maximum atomic E-state index is 13.5. The molecule has 0 saturated carbocycles. The SMILES string of the molecule is Cc1nc(C)c(C)c(N2CCC3(CC2)O[C@@H]2CC[C@@H](c4ccccc4)N2C3=O)n1. The first-order valence-electron chi connectivity index (χ1n) is 10.6. The van der Waals surface area contributed by atoms with E-state index in [2.05, 4.69) is 33.9 Å². The summed E-state index contributed by atoms with van der Waals surface area (Å²) in [5, 5.41) is 0. The first kappa shape index (κ1) is 18.6. The second-order valence-corrected chi connectivity index (χ2v) is 8.57. The normalized spacial score (nSPS) is 25.7. The Bertz CT molecular complexity index is 937. The summed E-state index contributed by atoms with van der Waals surface area (Å²) >= 11 is 0. The van der Waals surface area contributed by atoms with Crippen LogP contribution in [0.15, 0.2) is 30.3 Å². The number of aromatic nitrogens is 2. The number of piperidine rings is 1. The Morgan fingerprint density at radius 1 is 1.03 bits per heavy atom. The van der Waals surface area contributed by atoms with Gasteiger partial charge in [0.1, 0.15) is 17.9 Å². The number of fused-ring (bicyclic) bond motifs is 1. The average Bonchev–Trinajstić information content (AvgIpc) is 3.25. The van der Waals surface area contributed by atoms with Crippen molar-refractivity contribution in [2.45, 2.75) is 64.3 Å². The third-order valence-corrected chi connectivity index (χ3v) is 6.85. The van der Waals surface area contributed by atoms with Gasteiger partial charge in [-0.25, -0.2) is 9.97 Å². The van der Waals surface area contributed by atoms with Gasteiger partial charge in [-0.05, 0) is 39.2 Å². The maximum absolute atomic E-state index is 13.5. The minimum atomic E-state index is -0.667. The molecule has 2 aromatic rings. The van der Waals surface area contributed by atoms with Crippen LogP contribution in [0, 0.1) is 20.8 Å². The third-order valence-electron chi connectivity index (χ3n) is 6.85. The van der Waals surface area contributed by atoms with Crippen molar-refractivity contribution in [3.05, 3.63) is 53.0 Å². The molecule has 1 spiro atoms. The Hall–Kier alpha value is -2.47. The second kappa shape index (κ2) is 6.80. The fourth-order valence-electron chi connectivity index (χ4n) is 5.19. The molecule has 3 aliphatic rings. The number of carbonyl (C=O) groups excluding carboxylic acids is 1. The van der Waals surface area contributed by atoms with Gasteiger partial charge in [-0.15, -0.1) is 0 Å². The Kier molecular flexibility index (Phi) is 4.35. The monoisotopic (exact) mass is 392 g/mol. The summed E-state index contributed by atoms with van der Waals surface area (Å²) in [5.41, 5.74) is 2.69. The first-order valence-corrected chi connectivity index (χ1v) is 10.6. The molecule has 152 valence electrons. The van der Waals surface area contributed by atoms with Crippen molar-refractivity contribution < 1.29 is 9.53 Å². The van der Waals surface area contributed by atoms with Gasteiger partial charge in [0.15, 0.2) is 5.60 Å². The Morgan fingerprint density at radius 2 is 1.76 bits per heavy atom. The van der Waals surface area contributed by atoms with Crippen LogP contribution in [0.4, 0.5) is 5.82 Å². The van der Waals surface area contributed by atoms with Gasteiger partial charge >= 0.3 is 0 Å². The highest BCUT2D eigenvalue weighted by Crippen LogP contribution is 2.47. The zero-order chi connectivity index (χ0) is 20.2. The van der Waals surface area contributed by atoms with Crippen LogP contribution < -0.4 is 4.90 Å². The van der Waals surface area contributed by atoms with Crippen LogP contribution in [0.3, 0.4) is 0 Å². The molecule has 3 aliphatic heterocycles. The molecule has 4 heterocycles. The van der Waals surface area contributed by atoms with Gasteiger partial charge in [0.25, 0.3) is 5.91 Å². The van der Waals surface area contributed by atoms with Crippen molar-refractivity contribution in [1.82, 2.24) is 14.9 Å². The van der Waals surface area contributed by atoms with E-state index in [-0.39, 0.29) is 18.2 Å². The zero-order valence-electron chi connectivity index (χ0n) is 17.4. The predicted molar refractivity (Wildman–Crippen MR) is 111 cm³/mol. The molecule has 0 bridgehead atoms. The molecule has 3 fully saturated rings. The van der Waals surface area contributed by atoms with Crippen molar-refractivity contribution >= 4 is 11.7 Å². The van der Waals surface area contributed by atoms with E-state index in [0.717, 1.165) is 48.8 Å². The van der Waals surface area contributed by atoms with Crippen molar-refractivity contribution in [2.75, 3.05) is 18.0 Å². The number of aryl methyl sites for hydroxylation is 2. The standard InChI is InChI=1S/C23H28N4O2/c1-15-16(2)24-17(3)25-21(15)26-13-11-23(12-14-26)22(28)27-19(9-10-20(27)29-23)18-7-5-4-6-8-18/h4-8,19-20H,9-14H2,1-3H3/t19-,20+/m0/s1. The summed E-state index contributed by atoms with van der Waals surface area (Å²) in [6, 6.07) is 10.5. The van der Waals surface area contributed by atoms with Gasteiger partial charge in [0.2, 0.25) is 0 Å². The van der Waals surface area contributed by atoms with Crippen molar-refractivity contribution in [1.29, 1.82) is 0 Å². The van der Waals surface area contributed by atoms with Crippen molar-refractivity contribution in [3.8, 4) is 0 Å². The highest BCUT2D eigenvalue weighted by molar-refractivity contribution is 5.88. The lowest BCUT2D eigenvalue weighted by Crippen LogP contribution is -2.50. The minimum absolute atomic E-state index is 0.0791. The van der Waals surface area contributed by atoms with E-state index < -0.39 is 5.60 Å². The molecule has 6 nitrogen and oxygen atoms in total. The number of carbonyl (C=O) groups is 1. The third kappa shape index (κ3) is 2.92. The second-order valence-electron chi connectivity index (χ2n) is 8.57. The van der Waals surface area contributed by atoms with E-state index in [1.165, 1.54) is 5.56 Å². The fourth-order valence-corrected chi connectivity index (χ4v) is 5.19. The van der Waals surface area contributed by atoms with Crippen LogP contribution in [0.1, 0.15) is 54.4 Å². The molecule has 2 atom stereocenters. The number of benzene rings is 1. The molecular weight excluding hydrogens is 364 g/mol. The molecule has 1 aromatic carbocycles. The molecule has 5 rings (SSSR count). The molecule has 3 saturated heterocycles. The van der Waals surface area contributed by atoms with E-state index in [4.69, 9.17) is 4.74 Å². The molecule has 1 aromatic heterocycles. The number of anilines is 1. The number of amides is 1. The Balaban J connectivity index is 1.35. The van der Waals surface area contributed by atoms with Crippen molar-refractivity contribution in [2.24, 2.45) is 0 Å². The topological polar surface area (TPSA) is 58.6 Å². The highest BCUT2D eigenvalue weighted by atomic mass is 16.6. The molecule has 1 amide bonds. The lowest BCUT2D eigenvalue weighted by atomic mass is 9.89. The molecule has 29 heavy (non-hydrogen) atoms. The molecule has 0 N–H and O–H groups in total. The summed E-state index contributed by atoms with van der Waals surface area (Å²) in [6.07, 6.45) is 3.23. The van der Waals surface area contributed by atoms with Crippen LogP contribution >= 0.6 is 0 Å². The zero-order valence-corrected chi connectivity index (χ0v) is 17.4. The largest absolute Gasteiger partial charge is 0.356 e. The number of ether oxygens (including phenoxy) is 1. The number of nitrogens with zero attached hydrogens (tertiary/aromatic N) is 4. The van der Waals surface area contributed by atoms with Crippen LogP contribution in [0.5, 0.6) is 0 Å². The summed E-state index contributed by atoms with van der Waals surface area (Å²) in [6.45, 7) is 7.59. The fraction of sp³-hybridized carbons (Fsp3) is 0.522. The first-order chi connectivity index (χ1) is 14.0. The highest BCUT2D eigenvalue weighted by Gasteiger charge is 2.58. The Labute approximate surface area is 171 Å². The number of hydrogen-bond donors (Lipinski definition) is 0. The summed E-state index contributed by atoms with van der Waals surface area (Å²) in [7, 11) is 0. The van der Waals surface area contributed by atoms with E-state index in [0.29, 0.717) is 12.8 Å². The van der Waals surface area contributed by atoms with Crippen LogP contribution in [0.2, 0.25) is 0 Å². The molecule has 0 radical (unpaired) electrons. The smallest absolute Gasteiger partial charge is 0.257 e. The molecule has 0 aliphatic carbocycles. The van der Waals surface area contributed by atoms with Crippen LogP contribution in [-0.2, 0) is 9.53 Å². The summed E-state index contributed by atoms with van der Waals surface area (Å²) < 4.78 is 6.46. The lowest BCUT2D eigenvalue weighted by molar-refractivity contribution is -0.140. The van der Waals surface area contributed by atoms with E-state index in [1.54, 1.807) is 0 Å². The van der Waals surface area contributed by atoms with Gasteiger partial charge in [-0.3, -0.25) is 4.79 Å². The minimum Gasteiger partial charge on any atom is -0.356 e. The molecule has 0 unspecified atom stereocenters. The average molecular weight is 393 g/mol. The van der Waals surface area contributed by atoms with Crippen molar-refractivity contribution in [3.63, 3.8) is 0 Å². The van der Waals surface area contributed by atoms with Gasteiger partial charge in [-0.1, -0.05) is 30.3 Å². The lowest BCUT2D eigenvalue weighted by Gasteiger charge is -2.38. The van der Waals surface area contributed by atoms with Crippen LogP contribution in [0.25, 0.3) is 0 Å². The van der Waals surface area contributed by atoms with Gasteiger partial charge in [-0.2, -0.15) is 0 Å². The predicted octanol–water partition coefficient (Wildman–Crippen LogP) is 3.46. The quantitative estimate of drug-likeness (QED) is 0.783. The van der Waals surface area contributed by atoms with E-state index in [9.17, 15) is 4.79 Å². The maximum Gasteiger partial charge on any atom is 0.257 e. The van der Waals surface area contributed by atoms with Gasteiger partial charge in [0.05, 0.1) is 6.04 Å². The van der Waals surface area contributed by atoms with Crippen LogP contribution in [-0.4, -0.2) is 45.7 Å². The number of hydrogen-bond acceptors (Lipinski definition) is 5. The van der Waals surface area contributed by atoms with Gasteiger partial charge < -0.3 is 14.5 Å². The summed E-state index contributed by atoms with van der Waals surface area (Å²) in [4.78, 5) is 27.0. The summed E-state index contributed by atoms with van der Waals surface area (Å²) in [5.74, 6) is 1.97. The van der Waals surface area contributed by atoms with Gasteiger partial charge in [0, 0.05) is 37.2 Å². The molecular formula is C23H28N4O2. The number of rotatable bonds is 2.